The lowest BCUT2D eigenvalue weighted by Crippen LogP contribution is -2.03. The van der Waals surface area contributed by atoms with E-state index in [1.165, 1.54) is 11.9 Å². The third-order valence-electron chi connectivity index (χ3n) is 1.26. The molecule has 0 aromatic heterocycles. The first-order chi connectivity index (χ1) is 5.29. The van der Waals surface area contributed by atoms with Crippen molar-refractivity contribution in [3.63, 3.8) is 0 Å². The van der Waals surface area contributed by atoms with Crippen molar-refractivity contribution in [2.75, 3.05) is 7.05 Å². The van der Waals surface area contributed by atoms with E-state index in [4.69, 9.17) is 10.5 Å². The van der Waals surface area contributed by atoms with Crippen molar-refractivity contribution in [2.45, 2.75) is 0 Å². The van der Waals surface area contributed by atoms with Gasteiger partial charge in [-0.25, -0.2) is 0 Å². The fourth-order valence-corrected chi connectivity index (χ4v) is 1.37. The molecule has 1 aliphatic rings. The summed E-state index contributed by atoms with van der Waals surface area (Å²) in [6.45, 7) is 0. The van der Waals surface area contributed by atoms with Crippen molar-refractivity contribution in [1.82, 2.24) is 4.31 Å². The zero-order chi connectivity index (χ0) is 8.27. The summed E-state index contributed by atoms with van der Waals surface area (Å²) in [6, 6.07) is 3.67. The highest BCUT2D eigenvalue weighted by Crippen LogP contribution is 2.26. The number of hydrogen-bond donors (Lipinski definition) is 0. The van der Waals surface area contributed by atoms with Gasteiger partial charge >= 0.3 is 0 Å². The van der Waals surface area contributed by atoms with Gasteiger partial charge in [-0.1, -0.05) is 0 Å². The Balaban J connectivity index is 3.06. The number of likely N-dealkylation sites (N-methyl/N-ethyl adjacent to an activating group) is 1. The van der Waals surface area contributed by atoms with Gasteiger partial charge in [0.15, 0.2) is 5.57 Å². The molecule has 0 spiro atoms. The first-order valence-corrected chi connectivity index (χ1v) is 3.74. The number of hydrogen-bond acceptors (Lipinski definition) is 4. The molecule has 1 rings (SSSR count). The van der Waals surface area contributed by atoms with Crippen molar-refractivity contribution in [3.05, 3.63) is 22.8 Å². The summed E-state index contributed by atoms with van der Waals surface area (Å²) in [7, 11) is 1.81. The molecular weight excluding hydrogens is 158 g/mol. The van der Waals surface area contributed by atoms with Crippen LogP contribution in [0.25, 0.3) is 0 Å². The summed E-state index contributed by atoms with van der Waals surface area (Å²) in [5, 5.41) is 18.8. The van der Waals surface area contributed by atoms with Crippen LogP contribution in [0.15, 0.2) is 22.8 Å². The lowest BCUT2D eigenvalue weighted by atomic mass is 10.2. The molecule has 1 aliphatic heterocycles. The van der Waals surface area contributed by atoms with E-state index in [9.17, 15) is 0 Å². The minimum Gasteiger partial charge on any atom is -0.314 e. The normalized spacial score (nSPS) is 14.5. The lowest BCUT2D eigenvalue weighted by Gasteiger charge is -2.09. The smallest absolute Gasteiger partial charge is 0.153 e. The molecule has 11 heavy (non-hydrogen) atoms. The molecular formula is C7H5N3S. The van der Waals surface area contributed by atoms with E-state index in [1.54, 1.807) is 10.4 Å². The molecule has 54 valence electrons. The number of allylic oxidation sites excluding steroid dienone is 2. The van der Waals surface area contributed by atoms with Crippen LogP contribution >= 0.6 is 11.9 Å². The van der Waals surface area contributed by atoms with Crippen LogP contribution in [0.5, 0.6) is 0 Å². The van der Waals surface area contributed by atoms with Crippen molar-refractivity contribution in [2.24, 2.45) is 0 Å². The predicted octanol–water partition coefficient (Wildman–Crippen LogP) is 1.39. The molecule has 0 fully saturated rings. The van der Waals surface area contributed by atoms with Crippen molar-refractivity contribution in [1.29, 1.82) is 10.5 Å². The fraction of sp³-hybridized carbons (Fsp3) is 0.143. The van der Waals surface area contributed by atoms with E-state index >= 15 is 0 Å². The summed E-state index contributed by atoms with van der Waals surface area (Å²) in [5.74, 6) is 0. The molecule has 0 saturated carbocycles. The highest BCUT2D eigenvalue weighted by Gasteiger charge is 2.12. The number of nitriles is 2. The Kier molecular flexibility index (Phi) is 2.20. The van der Waals surface area contributed by atoms with Gasteiger partial charge in [-0.15, -0.1) is 0 Å². The van der Waals surface area contributed by atoms with Crippen LogP contribution in [0.3, 0.4) is 0 Å². The summed E-state index contributed by atoms with van der Waals surface area (Å²) in [5.41, 5.74) is 0.841. The van der Waals surface area contributed by atoms with Gasteiger partial charge in [0.25, 0.3) is 0 Å². The quantitative estimate of drug-likeness (QED) is 0.400. The van der Waals surface area contributed by atoms with Gasteiger partial charge in [-0.3, -0.25) is 0 Å². The highest BCUT2D eigenvalue weighted by atomic mass is 32.2. The molecule has 0 amide bonds. The summed E-state index contributed by atoms with van der Waals surface area (Å²) in [6.07, 6.45) is 1.76. The molecule has 0 atom stereocenters. The van der Waals surface area contributed by atoms with Crippen LogP contribution < -0.4 is 0 Å². The van der Waals surface area contributed by atoms with Gasteiger partial charge in [0.2, 0.25) is 0 Å². The van der Waals surface area contributed by atoms with Crippen LogP contribution in [0.1, 0.15) is 0 Å². The summed E-state index contributed by atoms with van der Waals surface area (Å²) < 4.78 is 1.78. The van der Waals surface area contributed by atoms with Gasteiger partial charge in [0.1, 0.15) is 12.1 Å². The Morgan fingerprint density at radius 1 is 1.55 bits per heavy atom. The molecule has 0 N–H and O–H groups in total. The van der Waals surface area contributed by atoms with E-state index in [2.05, 4.69) is 0 Å². The van der Waals surface area contributed by atoms with E-state index in [0.29, 0.717) is 5.70 Å². The fourth-order valence-electron chi connectivity index (χ4n) is 0.728. The lowest BCUT2D eigenvalue weighted by molar-refractivity contribution is 0.737. The molecule has 4 heteroatoms. The van der Waals surface area contributed by atoms with Gasteiger partial charge in [0, 0.05) is 7.05 Å². The van der Waals surface area contributed by atoms with E-state index in [0.717, 1.165) is 0 Å². The molecule has 0 aromatic rings. The summed E-state index contributed by atoms with van der Waals surface area (Å²) in [4.78, 5) is 0. The van der Waals surface area contributed by atoms with E-state index in [-0.39, 0.29) is 5.57 Å². The predicted molar refractivity (Wildman–Crippen MR) is 42.7 cm³/mol. The minimum absolute atomic E-state index is 0.161. The van der Waals surface area contributed by atoms with Gasteiger partial charge < -0.3 is 4.31 Å². The monoisotopic (exact) mass is 163 g/mol. The molecule has 0 bridgehead atoms. The average molecular weight is 163 g/mol. The van der Waals surface area contributed by atoms with Crippen molar-refractivity contribution in [3.8, 4) is 12.1 Å². The third kappa shape index (κ3) is 1.36. The minimum atomic E-state index is 0.161. The SMILES string of the molecule is CN1SC=CC1=C(C#N)C#N. The highest BCUT2D eigenvalue weighted by molar-refractivity contribution is 8.00. The average Bonchev–Trinajstić information content (AvgIpc) is 2.40. The number of rotatable bonds is 0. The van der Waals surface area contributed by atoms with Crippen molar-refractivity contribution >= 4 is 11.9 Å². The van der Waals surface area contributed by atoms with Crippen LogP contribution in [-0.4, -0.2) is 11.4 Å². The Morgan fingerprint density at radius 2 is 2.18 bits per heavy atom. The Bertz CT molecular complexity index is 287. The van der Waals surface area contributed by atoms with Crippen LogP contribution in [0.4, 0.5) is 0 Å². The van der Waals surface area contributed by atoms with E-state index < -0.39 is 0 Å². The van der Waals surface area contributed by atoms with Crippen LogP contribution in [-0.2, 0) is 0 Å². The molecule has 0 radical (unpaired) electrons. The molecule has 0 saturated heterocycles. The Hall–Kier alpha value is -1.39. The van der Waals surface area contributed by atoms with Gasteiger partial charge in [0.05, 0.1) is 5.70 Å². The topological polar surface area (TPSA) is 50.8 Å². The second kappa shape index (κ2) is 3.14. The number of nitrogens with zero attached hydrogens (tertiary/aromatic N) is 3. The first-order valence-electron chi connectivity index (χ1n) is 2.91. The van der Waals surface area contributed by atoms with E-state index in [1.807, 2.05) is 24.6 Å². The third-order valence-corrected chi connectivity index (χ3v) is 2.03. The second-order valence-electron chi connectivity index (χ2n) is 1.89. The largest absolute Gasteiger partial charge is 0.314 e. The molecule has 0 aliphatic carbocycles. The molecule has 0 unspecified atom stereocenters. The standard InChI is InChI=1S/C7H5N3S/c1-10-7(2-3-11-10)6(4-8)5-9/h2-3H,1H3. The maximum Gasteiger partial charge on any atom is 0.153 e. The van der Waals surface area contributed by atoms with Crippen LogP contribution in [0.2, 0.25) is 0 Å². The Labute approximate surface area is 69.3 Å². The second-order valence-corrected chi connectivity index (χ2v) is 2.92. The zero-order valence-electron chi connectivity index (χ0n) is 5.90. The van der Waals surface area contributed by atoms with Gasteiger partial charge in [-0.2, -0.15) is 10.5 Å². The summed E-state index contributed by atoms with van der Waals surface area (Å²) >= 11 is 1.46. The molecule has 0 aromatic carbocycles. The molecule has 1 heterocycles. The zero-order valence-corrected chi connectivity index (χ0v) is 6.72. The van der Waals surface area contributed by atoms with Crippen LogP contribution in [0, 0.1) is 22.7 Å². The van der Waals surface area contributed by atoms with Gasteiger partial charge in [-0.05, 0) is 23.4 Å². The Morgan fingerprint density at radius 3 is 2.55 bits per heavy atom. The maximum absolute atomic E-state index is 8.50. The molecule has 3 nitrogen and oxygen atoms in total. The first kappa shape index (κ1) is 7.71. The van der Waals surface area contributed by atoms with Crippen molar-refractivity contribution < 1.29 is 0 Å². The maximum atomic E-state index is 8.50.